The first-order chi connectivity index (χ1) is 13.1. The van der Waals surface area contributed by atoms with Gasteiger partial charge in [0.15, 0.2) is 11.5 Å². The predicted octanol–water partition coefficient (Wildman–Crippen LogP) is 2.35. The average molecular weight is 366 g/mol. The molecule has 0 unspecified atom stereocenters. The van der Waals surface area contributed by atoms with E-state index in [1.165, 1.54) is 18.0 Å². The Balaban J connectivity index is 1.75. The number of hydrogen-bond acceptors (Lipinski definition) is 6. The number of nitrogens with one attached hydrogen (secondary N) is 1. The maximum absolute atomic E-state index is 12.9. The highest BCUT2D eigenvalue weighted by Gasteiger charge is 2.12. The lowest BCUT2D eigenvalue weighted by Crippen LogP contribution is -2.21. The summed E-state index contributed by atoms with van der Waals surface area (Å²) in [4.78, 5) is 25.0. The second-order valence-corrected chi connectivity index (χ2v) is 5.97. The van der Waals surface area contributed by atoms with E-state index in [4.69, 9.17) is 14.2 Å². The normalized spacial score (nSPS) is 11.1. The van der Waals surface area contributed by atoms with Gasteiger partial charge in [-0.1, -0.05) is 0 Å². The molecular weight excluding hydrogens is 348 g/mol. The number of imidazole rings is 1. The highest BCUT2D eigenvalue weighted by atomic mass is 16.5. The van der Waals surface area contributed by atoms with Gasteiger partial charge in [-0.25, -0.2) is 9.97 Å². The van der Waals surface area contributed by atoms with Gasteiger partial charge in [0, 0.05) is 12.1 Å². The van der Waals surface area contributed by atoms with Crippen LogP contribution in [-0.4, -0.2) is 40.8 Å². The third kappa shape index (κ3) is 2.95. The van der Waals surface area contributed by atoms with Gasteiger partial charge in [-0.3, -0.25) is 9.36 Å². The van der Waals surface area contributed by atoms with E-state index in [2.05, 4.69) is 15.0 Å². The number of aromatic nitrogens is 4. The topological polar surface area (TPSA) is 91.3 Å². The summed E-state index contributed by atoms with van der Waals surface area (Å²) in [7, 11) is 4.69. The first kappa shape index (κ1) is 16.9. The van der Waals surface area contributed by atoms with E-state index in [-0.39, 0.29) is 12.1 Å². The fourth-order valence-corrected chi connectivity index (χ4v) is 3.00. The summed E-state index contributed by atoms with van der Waals surface area (Å²) < 4.78 is 17.3. The lowest BCUT2D eigenvalue weighted by molar-refractivity contribution is 0.355. The third-order valence-electron chi connectivity index (χ3n) is 4.39. The van der Waals surface area contributed by atoms with Crippen molar-refractivity contribution in [3.05, 3.63) is 52.8 Å². The standard InChI is InChI=1S/C19H18N4O4/c1-25-11-4-5-13-15(6-11)22-18(21-13)9-23-10-20-14-8-17(27-3)16(26-2)7-12(14)19(23)24/h4-8,10H,9H2,1-3H3,(H,21,22). The lowest BCUT2D eigenvalue weighted by Gasteiger charge is -2.10. The highest BCUT2D eigenvalue weighted by molar-refractivity contribution is 5.81. The smallest absolute Gasteiger partial charge is 0.261 e. The zero-order valence-electron chi connectivity index (χ0n) is 15.1. The minimum atomic E-state index is -0.181. The Kier molecular flexibility index (Phi) is 4.15. The summed E-state index contributed by atoms with van der Waals surface area (Å²) in [6.45, 7) is 0.271. The van der Waals surface area contributed by atoms with Crippen LogP contribution in [0.15, 0.2) is 41.5 Å². The zero-order chi connectivity index (χ0) is 19.0. The molecule has 0 bridgehead atoms. The molecule has 0 spiro atoms. The van der Waals surface area contributed by atoms with Crippen molar-refractivity contribution in [1.82, 2.24) is 19.5 Å². The van der Waals surface area contributed by atoms with Crippen molar-refractivity contribution in [1.29, 1.82) is 0 Å². The molecule has 138 valence electrons. The van der Waals surface area contributed by atoms with E-state index in [1.807, 2.05) is 18.2 Å². The number of ether oxygens (including phenoxy) is 3. The van der Waals surface area contributed by atoms with Gasteiger partial charge in [0.2, 0.25) is 0 Å². The number of H-pyrrole nitrogens is 1. The molecular formula is C19H18N4O4. The average Bonchev–Trinajstić information content (AvgIpc) is 3.10. The molecule has 0 radical (unpaired) electrons. The van der Waals surface area contributed by atoms with Crippen LogP contribution in [0.2, 0.25) is 0 Å². The Morgan fingerprint density at radius 2 is 1.78 bits per heavy atom. The molecule has 0 amide bonds. The van der Waals surface area contributed by atoms with Crippen molar-refractivity contribution < 1.29 is 14.2 Å². The largest absolute Gasteiger partial charge is 0.497 e. The molecule has 0 saturated carbocycles. The minimum Gasteiger partial charge on any atom is -0.497 e. The van der Waals surface area contributed by atoms with Gasteiger partial charge >= 0.3 is 0 Å². The number of rotatable bonds is 5. The van der Waals surface area contributed by atoms with Gasteiger partial charge in [0.25, 0.3) is 5.56 Å². The van der Waals surface area contributed by atoms with Crippen LogP contribution in [0.25, 0.3) is 21.9 Å². The third-order valence-corrected chi connectivity index (χ3v) is 4.39. The van der Waals surface area contributed by atoms with Crippen LogP contribution in [-0.2, 0) is 6.54 Å². The maximum atomic E-state index is 12.9. The van der Waals surface area contributed by atoms with Crippen molar-refractivity contribution in [3.8, 4) is 17.2 Å². The second-order valence-electron chi connectivity index (χ2n) is 5.97. The minimum absolute atomic E-state index is 0.181. The van der Waals surface area contributed by atoms with Crippen LogP contribution in [0.3, 0.4) is 0 Å². The van der Waals surface area contributed by atoms with E-state index in [9.17, 15) is 4.79 Å². The number of hydrogen-bond donors (Lipinski definition) is 1. The van der Waals surface area contributed by atoms with Crippen LogP contribution in [0.1, 0.15) is 5.82 Å². The quantitative estimate of drug-likeness (QED) is 0.583. The van der Waals surface area contributed by atoms with E-state index in [0.29, 0.717) is 28.2 Å². The monoisotopic (exact) mass is 366 g/mol. The molecule has 2 aromatic heterocycles. The van der Waals surface area contributed by atoms with Crippen molar-refractivity contribution in [3.63, 3.8) is 0 Å². The van der Waals surface area contributed by atoms with Crippen LogP contribution >= 0.6 is 0 Å². The van der Waals surface area contributed by atoms with E-state index >= 15 is 0 Å². The van der Waals surface area contributed by atoms with Crippen molar-refractivity contribution in [2.24, 2.45) is 0 Å². The van der Waals surface area contributed by atoms with Crippen LogP contribution in [0.5, 0.6) is 17.2 Å². The maximum Gasteiger partial charge on any atom is 0.261 e. The van der Waals surface area contributed by atoms with E-state index in [1.54, 1.807) is 26.4 Å². The summed E-state index contributed by atoms with van der Waals surface area (Å²) >= 11 is 0. The predicted molar refractivity (Wildman–Crippen MR) is 101 cm³/mol. The molecule has 1 N–H and O–H groups in total. The molecule has 0 aliphatic rings. The summed E-state index contributed by atoms with van der Waals surface area (Å²) in [6.07, 6.45) is 1.50. The van der Waals surface area contributed by atoms with Gasteiger partial charge in [0.1, 0.15) is 11.6 Å². The van der Waals surface area contributed by atoms with Gasteiger partial charge in [-0.2, -0.15) is 0 Å². The number of fused-ring (bicyclic) bond motifs is 2. The summed E-state index contributed by atoms with van der Waals surface area (Å²) in [5, 5.41) is 0.452. The summed E-state index contributed by atoms with van der Waals surface area (Å²) in [5.41, 5.74) is 2.01. The van der Waals surface area contributed by atoms with Gasteiger partial charge < -0.3 is 19.2 Å². The van der Waals surface area contributed by atoms with Crippen LogP contribution < -0.4 is 19.8 Å². The molecule has 4 rings (SSSR count). The highest BCUT2D eigenvalue weighted by Crippen LogP contribution is 2.29. The molecule has 0 saturated heterocycles. The SMILES string of the molecule is COc1ccc2nc(Cn3cnc4cc(OC)c(OC)cc4c3=O)[nH]c2c1. The molecule has 0 atom stereocenters. The van der Waals surface area contributed by atoms with Gasteiger partial charge in [-0.05, 0) is 18.2 Å². The lowest BCUT2D eigenvalue weighted by atomic mass is 10.2. The first-order valence-electron chi connectivity index (χ1n) is 8.26. The number of nitrogens with zero attached hydrogens (tertiary/aromatic N) is 3. The molecule has 0 aliphatic heterocycles. The fraction of sp³-hybridized carbons (Fsp3) is 0.211. The molecule has 8 heteroatoms. The van der Waals surface area contributed by atoms with Gasteiger partial charge in [-0.15, -0.1) is 0 Å². The van der Waals surface area contributed by atoms with Crippen molar-refractivity contribution in [2.45, 2.75) is 6.54 Å². The fourth-order valence-electron chi connectivity index (χ4n) is 3.00. The molecule has 2 aromatic carbocycles. The summed E-state index contributed by atoms with van der Waals surface area (Å²) in [6, 6.07) is 8.91. The molecule has 0 fully saturated rings. The zero-order valence-corrected chi connectivity index (χ0v) is 15.1. The Bertz CT molecular complexity index is 1200. The van der Waals surface area contributed by atoms with Crippen LogP contribution in [0, 0.1) is 0 Å². The Morgan fingerprint density at radius 3 is 2.52 bits per heavy atom. The van der Waals surface area contributed by atoms with E-state index in [0.717, 1.165) is 16.8 Å². The van der Waals surface area contributed by atoms with Crippen molar-refractivity contribution >= 4 is 21.9 Å². The molecule has 8 nitrogen and oxygen atoms in total. The molecule has 27 heavy (non-hydrogen) atoms. The molecule has 0 aliphatic carbocycles. The van der Waals surface area contributed by atoms with Crippen LogP contribution in [0.4, 0.5) is 0 Å². The molecule has 2 heterocycles. The van der Waals surface area contributed by atoms with Gasteiger partial charge in [0.05, 0.1) is 56.1 Å². The number of methoxy groups -OCH3 is 3. The Hall–Kier alpha value is -3.55. The Morgan fingerprint density at radius 1 is 1.00 bits per heavy atom. The summed E-state index contributed by atoms with van der Waals surface area (Å²) in [5.74, 6) is 2.41. The van der Waals surface area contributed by atoms with Crippen molar-refractivity contribution in [2.75, 3.05) is 21.3 Å². The second kappa shape index (κ2) is 6.64. The molecule has 4 aromatic rings. The number of benzene rings is 2. The number of aromatic amines is 1. The first-order valence-corrected chi connectivity index (χ1v) is 8.26. The Labute approximate surface area is 154 Å². The van der Waals surface area contributed by atoms with E-state index < -0.39 is 0 Å².